The Morgan fingerprint density at radius 2 is 1.62 bits per heavy atom. The molecule has 7 nitrogen and oxygen atoms in total. The summed E-state index contributed by atoms with van der Waals surface area (Å²) in [6.45, 7) is 1.08. The maximum Gasteiger partial charge on any atom is 0.249 e. The Hall–Kier alpha value is -2.77. The number of anilines is 4. The van der Waals surface area contributed by atoms with E-state index in [9.17, 15) is 0 Å². The first-order valence-corrected chi connectivity index (χ1v) is 8.51. The lowest BCUT2D eigenvalue weighted by atomic mass is 10.2. The molecule has 26 heavy (non-hydrogen) atoms. The van der Waals surface area contributed by atoms with Crippen LogP contribution in [0.25, 0.3) is 0 Å². The molecule has 0 unspecified atom stereocenters. The topological polar surface area (TPSA) is 81.2 Å². The summed E-state index contributed by atoms with van der Waals surface area (Å²) in [5.41, 5.74) is 1.51. The van der Waals surface area contributed by atoms with Crippen LogP contribution in [0.3, 0.4) is 0 Å². The SMILES string of the molecule is Clc1ccc(Nc2cnnc(Nc3ccc4c(c3)OCCO4)n2)cc1Cl. The fourth-order valence-corrected chi connectivity index (χ4v) is 2.69. The number of halogens is 2. The van der Waals surface area contributed by atoms with Crippen molar-refractivity contribution in [3.63, 3.8) is 0 Å². The molecule has 0 fully saturated rings. The van der Waals surface area contributed by atoms with E-state index in [1.165, 1.54) is 6.20 Å². The lowest BCUT2D eigenvalue weighted by Gasteiger charge is -2.19. The quantitative estimate of drug-likeness (QED) is 0.682. The second-order valence-electron chi connectivity index (χ2n) is 5.40. The zero-order chi connectivity index (χ0) is 17.9. The fraction of sp³-hybridized carbons (Fsp3) is 0.118. The second-order valence-corrected chi connectivity index (χ2v) is 6.22. The third-order valence-corrected chi connectivity index (χ3v) is 4.29. The molecule has 1 aliphatic rings. The number of aromatic nitrogens is 3. The number of nitrogens with zero attached hydrogens (tertiary/aromatic N) is 3. The molecule has 0 aliphatic carbocycles. The molecule has 0 saturated carbocycles. The van der Waals surface area contributed by atoms with Gasteiger partial charge in [0, 0.05) is 17.4 Å². The normalized spacial score (nSPS) is 12.5. The van der Waals surface area contributed by atoms with E-state index in [1.54, 1.807) is 18.2 Å². The van der Waals surface area contributed by atoms with E-state index in [4.69, 9.17) is 32.7 Å². The maximum atomic E-state index is 6.02. The largest absolute Gasteiger partial charge is 0.486 e. The number of benzene rings is 2. The van der Waals surface area contributed by atoms with Crippen molar-refractivity contribution in [1.82, 2.24) is 15.2 Å². The number of ether oxygens (including phenoxy) is 2. The summed E-state index contributed by atoms with van der Waals surface area (Å²) in [6.07, 6.45) is 1.51. The van der Waals surface area contributed by atoms with Gasteiger partial charge >= 0.3 is 0 Å². The van der Waals surface area contributed by atoms with Crippen LogP contribution in [0.4, 0.5) is 23.1 Å². The summed E-state index contributed by atoms with van der Waals surface area (Å²) >= 11 is 11.9. The Morgan fingerprint density at radius 3 is 2.46 bits per heavy atom. The van der Waals surface area contributed by atoms with Gasteiger partial charge in [0.25, 0.3) is 0 Å². The van der Waals surface area contributed by atoms with Crippen molar-refractivity contribution < 1.29 is 9.47 Å². The maximum absolute atomic E-state index is 6.02. The van der Waals surface area contributed by atoms with Crippen LogP contribution in [0.1, 0.15) is 0 Å². The van der Waals surface area contributed by atoms with Crippen molar-refractivity contribution in [2.75, 3.05) is 23.8 Å². The first kappa shape index (κ1) is 16.7. The van der Waals surface area contributed by atoms with Gasteiger partial charge in [-0.25, -0.2) is 0 Å². The predicted molar refractivity (Wildman–Crippen MR) is 100 cm³/mol. The van der Waals surface area contributed by atoms with E-state index in [1.807, 2.05) is 18.2 Å². The minimum atomic E-state index is 0.340. The highest BCUT2D eigenvalue weighted by atomic mass is 35.5. The first-order chi connectivity index (χ1) is 12.7. The van der Waals surface area contributed by atoms with Crippen molar-refractivity contribution in [3.05, 3.63) is 52.6 Å². The molecule has 4 rings (SSSR count). The Kier molecular flexibility index (Phi) is 4.64. The summed E-state index contributed by atoms with van der Waals surface area (Å²) in [5, 5.41) is 15.1. The van der Waals surface area contributed by atoms with Crippen LogP contribution < -0.4 is 20.1 Å². The summed E-state index contributed by atoms with van der Waals surface area (Å²) in [4.78, 5) is 4.38. The third-order valence-electron chi connectivity index (χ3n) is 3.55. The predicted octanol–water partition coefficient (Wildman–Crippen LogP) is 4.44. The summed E-state index contributed by atoms with van der Waals surface area (Å²) in [7, 11) is 0. The van der Waals surface area contributed by atoms with Gasteiger partial charge in [0.1, 0.15) is 13.2 Å². The molecule has 2 N–H and O–H groups in total. The number of fused-ring (bicyclic) bond motifs is 1. The van der Waals surface area contributed by atoms with Crippen LogP contribution in [0.15, 0.2) is 42.6 Å². The molecular weight excluding hydrogens is 377 g/mol. The van der Waals surface area contributed by atoms with Gasteiger partial charge in [-0.2, -0.15) is 10.1 Å². The van der Waals surface area contributed by atoms with Crippen molar-refractivity contribution in [3.8, 4) is 11.5 Å². The molecule has 0 radical (unpaired) electrons. The minimum absolute atomic E-state index is 0.340. The van der Waals surface area contributed by atoms with Crippen molar-refractivity contribution in [1.29, 1.82) is 0 Å². The van der Waals surface area contributed by atoms with Gasteiger partial charge in [-0.15, -0.1) is 5.10 Å². The Labute approximate surface area is 159 Å². The third kappa shape index (κ3) is 3.74. The molecule has 0 amide bonds. The van der Waals surface area contributed by atoms with E-state index in [0.717, 1.165) is 17.1 Å². The fourth-order valence-electron chi connectivity index (χ4n) is 2.39. The van der Waals surface area contributed by atoms with Gasteiger partial charge in [0.05, 0.1) is 16.2 Å². The summed E-state index contributed by atoms with van der Waals surface area (Å²) in [6, 6.07) is 10.7. The lowest BCUT2D eigenvalue weighted by molar-refractivity contribution is 0.171. The summed E-state index contributed by atoms with van der Waals surface area (Å²) in [5.74, 6) is 2.25. The number of hydrogen-bond acceptors (Lipinski definition) is 7. The highest BCUT2D eigenvalue weighted by molar-refractivity contribution is 6.42. The van der Waals surface area contributed by atoms with Gasteiger partial charge in [0.2, 0.25) is 5.95 Å². The van der Waals surface area contributed by atoms with Gasteiger partial charge in [-0.05, 0) is 30.3 Å². The van der Waals surface area contributed by atoms with Gasteiger partial charge in [-0.3, -0.25) is 0 Å². The van der Waals surface area contributed by atoms with Crippen molar-refractivity contribution >= 4 is 46.3 Å². The molecular formula is C17H13Cl2N5O2. The molecule has 132 valence electrons. The molecule has 1 aromatic heterocycles. The monoisotopic (exact) mass is 389 g/mol. The Morgan fingerprint density at radius 1 is 0.846 bits per heavy atom. The molecule has 0 atom stereocenters. The highest BCUT2D eigenvalue weighted by Crippen LogP contribution is 2.33. The van der Waals surface area contributed by atoms with E-state index in [-0.39, 0.29) is 0 Å². The molecule has 0 spiro atoms. The van der Waals surface area contributed by atoms with Crippen LogP contribution >= 0.6 is 23.2 Å². The molecule has 3 aromatic rings. The Bertz CT molecular complexity index is 954. The smallest absolute Gasteiger partial charge is 0.249 e. The zero-order valence-corrected chi connectivity index (χ0v) is 14.9. The Balaban J connectivity index is 1.51. The number of rotatable bonds is 4. The number of hydrogen-bond donors (Lipinski definition) is 2. The molecule has 1 aliphatic heterocycles. The van der Waals surface area contributed by atoms with Crippen molar-refractivity contribution in [2.24, 2.45) is 0 Å². The second kappa shape index (κ2) is 7.23. The van der Waals surface area contributed by atoms with E-state index in [2.05, 4.69) is 25.8 Å². The van der Waals surface area contributed by atoms with E-state index >= 15 is 0 Å². The molecule has 0 bridgehead atoms. The average Bonchev–Trinajstić information content (AvgIpc) is 2.65. The lowest BCUT2D eigenvalue weighted by Crippen LogP contribution is -2.15. The van der Waals surface area contributed by atoms with Gasteiger partial charge in [-0.1, -0.05) is 23.2 Å². The molecule has 0 saturated heterocycles. The summed E-state index contributed by atoms with van der Waals surface area (Å²) < 4.78 is 11.1. The first-order valence-electron chi connectivity index (χ1n) is 7.76. The average molecular weight is 390 g/mol. The van der Waals surface area contributed by atoms with Gasteiger partial charge in [0.15, 0.2) is 17.3 Å². The molecule has 2 aromatic carbocycles. The minimum Gasteiger partial charge on any atom is -0.486 e. The van der Waals surface area contributed by atoms with Crippen LogP contribution in [-0.4, -0.2) is 28.4 Å². The standard InChI is InChI=1S/C17H13Cl2N5O2/c18-12-3-1-10(7-13(12)19)21-16-9-20-24-17(23-16)22-11-2-4-14-15(8-11)26-6-5-25-14/h1-4,7-9H,5-6H2,(H2,21,22,23,24). The van der Waals surface area contributed by atoms with Crippen LogP contribution in [0, 0.1) is 0 Å². The van der Waals surface area contributed by atoms with Crippen molar-refractivity contribution in [2.45, 2.75) is 0 Å². The van der Waals surface area contributed by atoms with Gasteiger partial charge < -0.3 is 20.1 Å². The molecule has 2 heterocycles. The van der Waals surface area contributed by atoms with Crippen LogP contribution in [0.5, 0.6) is 11.5 Å². The van der Waals surface area contributed by atoms with E-state index < -0.39 is 0 Å². The van der Waals surface area contributed by atoms with Crippen LogP contribution in [-0.2, 0) is 0 Å². The van der Waals surface area contributed by atoms with Crippen LogP contribution in [0.2, 0.25) is 10.0 Å². The number of nitrogens with one attached hydrogen (secondary N) is 2. The van der Waals surface area contributed by atoms with E-state index in [0.29, 0.717) is 40.8 Å². The zero-order valence-electron chi connectivity index (χ0n) is 13.4. The molecule has 9 heteroatoms. The highest BCUT2D eigenvalue weighted by Gasteiger charge is 2.12.